The van der Waals surface area contributed by atoms with Crippen molar-refractivity contribution in [3.05, 3.63) is 115 Å². The minimum Gasteiger partial charge on any atom is -0.493 e. The van der Waals surface area contributed by atoms with E-state index < -0.39 is 0 Å². The van der Waals surface area contributed by atoms with E-state index in [1.54, 1.807) is 0 Å². The predicted octanol–water partition coefficient (Wildman–Crippen LogP) is 15.3. The number of benzene rings is 4. The van der Waals surface area contributed by atoms with E-state index in [0.717, 1.165) is 106 Å². The molecule has 4 aromatic rings. The molecule has 5 rings (SSSR count). The van der Waals surface area contributed by atoms with Gasteiger partial charge in [0.15, 0.2) is 13.2 Å². The molecule has 1 aliphatic rings. The van der Waals surface area contributed by atoms with E-state index in [9.17, 15) is 10.5 Å². The minimum absolute atomic E-state index is 0.0623. The van der Waals surface area contributed by atoms with E-state index in [1.165, 1.54) is 35.1 Å². The smallest absolute Gasteiger partial charge is 0.174 e. The Kier molecular flexibility index (Phi) is 17.5. The summed E-state index contributed by atoms with van der Waals surface area (Å²) in [5.41, 5.74) is 12.7. The molecule has 0 aliphatic heterocycles. The van der Waals surface area contributed by atoms with Crippen molar-refractivity contribution in [3.8, 4) is 35.1 Å². The van der Waals surface area contributed by atoms with Crippen molar-refractivity contribution in [2.24, 2.45) is 0 Å². The number of ether oxygens (including phenoxy) is 4. The van der Waals surface area contributed by atoms with Crippen LogP contribution in [-0.2, 0) is 47.3 Å². The van der Waals surface area contributed by atoms with Gasteiger partial charge < -0.3 is 18.9 Å². The maximum Gasteiger partial charge on any atom is 0.174 e. The maximum absolute atomic E-state index is 10.1. The quantitative estimate of drug-likeness (QED) is 0.0918. The molecule has 66 heavy (non-hydrogen) atoms. The van der Waals surface area contributed by atoms with Crippen molar-refractivity contribution < 1.29 is 18.9 Å². The first-order chi connectivity index (χ1) is 31.1. The minimum atomic E-state index is -0.167. The zero-order chi connectivity index (χ0) is 48.5. The number of unbranched alkanes of at least 4 members (excludes halogenated alkanes) is 6. The van der Waals surface area contributed by atoms with Crippen LogP contribution in [0, 0.1) is 22.7 Å². The molecule has 0 atom stereocenters. The van der Waals surface area contributed by atoms with E-state index >= 15 is 0 Å². The van der Waals surface area contributed by atoms with Crippen molar-refractivity contribution in [3.63, 3.8) is 0 Å². The van der Waals surface area contributed by atoms with Crippen molar-refractivity contribution in [2.75, 3.05) is 26.4 Å². The number of hydrogen-bond donors (Lipinski definition) is 0. The summed E-state index contributed by atoms with van der Waals surface area (Å²) in [5.74, 6) is 3.32. The zero-order valence-electron chi connectivity index (χ0n) is 43.5. The van der Waals surface area contributed by atoms with Crippen LogP contribution >= 0.6 is 0 Å². The Hall–Kier alpha value is -4.94. The lowest BCUT2D eigenvalue weighted by Crippen LogP contribution is -2.18. The average molecular weight is 895 g/mol. The molecule has 0 saturated carbocycles. The fourth-order valence-electron chi connectivity index (χ4n) is 8.98. The summed E-state index contributed by atoms with van der Waals surface area (Å²) in [6, 6.07) is 23.2. The van der Waals surface area contributed by atoms with E-state index in [2.05, 4.69) is 158 Å². The third kappa shape index (κ3) is 13.6. The second kappa shape index (κ2) is 22.2. The Morgan fingerprint density at radius 3 is 0.788 bits per heavy atom. The molecule has 4 aromatic carbocycles. The molecule has 0 amide bonds. The molecule has 6 heteroatoms. The van der Waals surface area contributed by atoms with Gasteiger partial charge in [-0.05, 0) is 101 Å². The molecule has 6 nitrogen and oxygen atoms in total. The third-order valence-electron chi connectivity index (χ3n) is 13.0. The topological polar surface area (TPSA) is 84.5 Å². The van der Waals surface area contributed by atoms with Crippen LogP contribution in [0.2, 0.25) is 0 Å². The highest BCUT2D eigenvalue weighted by molar-refractivity contribution is 5.60. The fraction of sp³-hybridized carbons (Fsp3) is 0.567. The molecule has 356 valence electrons. The summed E-state index contributed by atoms with van der Waals surface area (Å²) in [6.45, 7) is 32.8. The lowest BCUT2D eigenvalue weighted by molar-refractivity contribution is 0.299. The lowest BCUT2D eigenvalue weighted by Gasteiger charge is -2.29. The molecule has 0 fully saturated rings. The molecule has 0 unspecified atom stereocenters. The largest absolute Gasteiger partial charge is 0.493 e. The van der Waals surface area contributed by atoms with Crippen molar-refractivity contribution in [1.82, 2.24) is 0 Å². The highest BCUT2D eigenvalue weighted by Crippen LogP contribution is 2.44. The first kappa shape index (κ1) is 52.0. The van der Waals surface area contributed by atoms with Crippen LogP contribution in [-0.4, -0.2) is 26.4 Å². The van der Waals surface area contributed by atoms with Gasteiger partial charge in [0.05, 0.1) is 13.2 Å². The number of nitrogens with zero attached hydrogens (tertiary/aromatic N) is 2. The van der Waals surface area contributed by atoms with Crippen molar-refractivity contribution >= 4 is 0 Å². The fourth-order valence-corrected chi connectivity index (χ4v) is 8.98. The second-order valence-corrected chi connectivity index (χ2v) is 22.9. The van der Waals surface area contributed by atoms with E-state index in [4.69, 9.17) is 18.9 Å². The van der Waals surface area contributed by atoms with Gasteiger partial charge >= 0.3 is 0 Å². The normalized spacial score (nSPS) is 13.2. The van der Waals surface area contributed by atoms with Gasteiger partial charge in [0.2, 0.25) is 0 Å². The van der Waals surface area contributed by atoms with Gasteiger partial charge in [0, 0.05) is 25.7 Å². The molecule has 1 aliphatic carbocycles. The van der Waals surface area contributed by atoms with E-state index in [0.29, 0.717) is 38.9 Å². The summed E-state index contributed by atoms with van der Waals surface area (Å²) < 4.78 is 27.4. The van der Waals surface area contributed by atoms with Gasteiger partial charge in [0.1, 0.15) is 35.1 Å². The van der Waals surface area contributed by atoms with Crippen LogP contribution in [0.4, 0.5) is 0 Å². The zero-order valence-corrected chi connectivity index (χ0v) is 43.5. The third-order valence-corrected chi connectivity index (χ3v) is 13.0. The Morgan fingerprint density at radius 2 is 0.591 bits per heavy atom. The van der Waals surface area contributed by atoms with Gasteiger partial charge in [0.25, 0.3) is 0 Å². The predicted molar refractivity (Wildman–Crippen MR) is 273 cm³/mol. The van der Waals surface area contributed by atoms with Crippen LogP contribution in [0.5, 0.6) is 23.0 Å². The number of fused-ring (bicyclic) bond motifs is 8. The monoisotopic (exact) mass is 895 g/mol. The van der Waals surface area contributed by atoms with Crippen LogP contribution in [0.3, 0.4) is 0 Å². The Labute approximate surface area is 400 Å². The second-order valence-electron chi connectivity index (χ2n) is 22.9. The van der Waals surface area contributed by atoms with Gasteiger partial charge in [-0.2, -0.15) is 10.5 Å². The lowest BCUT2D eigenvalue weighted by atomic mass is 9.79. The summed E-state index contributed by atoms with van der Waals surface area (Å²) in [5, 5.41) is 20.1. The summed E-state index contributed by atoms with van der Waals surface area (Å²) in [6.07, 6.45) is 11.0. The van der Waals surface area contributed by atoms with Crippen LogP contribution in [0.15, 0.2) is 48.5 Å². The molecular formula is C60H82N2O4. The molecule has 0 saturated heterocycles. The molecule has 0 aromatic heterocycles. The molecule has 0 spiro atoms. The summed E-state index contributed by atoms with van der Waals surface area (Å²) in [4.78, 5) is 0. The highest BCUT2D eigenvalue weighted by Gasteiger charge is 2.29. The number of rotatable bonds is 16. The molecule has 0 heterocycles. The SMILES string of the molecule is CCCCCCOc1c2cc(C(C)(C)C)cc1Cc1cc(C(C)(C)C)cc(c1OCC#N)Cc1cc(C(C)(C)C)cc(c1OCCCCCC)Cc1cc(C(C)(C)C)cc(c1OCC#N)C2. The molecule has 0 N–H and O–H groups in total. The molecule has 0 radical (unpaired) electrons. The first-order valence-corrected chi connectivity index (χ1v) is 25.0. The average Bonchev–Trinajstić information content (AvgIpc) is 3.22. The van der Waals surface area contributed by atoms with Crippen LogP contribution in [0.1, 0.15) is 215 Å². The maximum atomic E-state index is 10.1. The van der Waals surface area contributed by atoms with Crippen molar-refractivity contribution in [1.29, 1.82) is 10.5 Å². The molecular weight excluding hydrogens is 813 g/mol. The van der Waals surface area contributed by atoms with E-state index in [1.807, 2.05) is 0 Å². The summed E-state index contributed by atoms with van der Waals surface area (Å²) in [7, 11) is 0. The number of hydrogen-bond acceptors (Lipinski definition) is 6. The van der Waals surface area contributed by atoms with Crippen LogP contribution < -0.4 is 18.9 Å². The van der Waals surface area contributed by atoms with Gasteiger partial charge in [-0.1, -0.05) is 184 Å². The van der Waals surface area contributed by atoms with Crippen LogP contribution in [0.25, 0.3) is 0 Å². The Balaban J connectivity index is 1.98. The van der Waals surface area contributed by atoms with Gasteiger partial charge in [-0.15, -0.1) is 0 Å². The molecule has 8 bridgehead atoms. The standard InChI is InChI=1S/C60H82N2O4/c1-15-17-19-21-25-63-53-41-29-45-37-51(59(9,10)11)39-47(55(45)65-27-23-61)31-43-35-50(58(6,7)8)36-44(54(43)64-26-22-20-18-16-2)32-48-40-52(60(12,13)14)38-46(56(48)66-28-24-62)30-42(53)34-49(33-41)57(3,4)5/h33-40H,15-22,25-32H2,1-14H3. The Bertz CT molecular complexity index is 2100. The highest BCUT2D eigenvalue weighted by atomic mass is 16.5. The first-order valence-electron chi connectivity index (χ1n) is 25.0. The van der Waals surface area contributed by atoms with E-state index in [-0.39, 0.29) is 34.9 Å². The Morgan fingerprint density at radius 1 is 0.364 bits per heavy atom. The van der Waals surface area contributed by atoms with Gasteiger partial charge in [-0.25, -0.2) is 0 Å². The summed E-state index contributed by atoms with van der Waals surface area (Å²) >= 11 is 0. The number of nitriles is 2. The van der Waals surface area contributed by atoms with Gasteiger partial charge in [-0.3, -0.25) is 0 Å². The van der Waals surface area contributed by atoms with Crippen molar-refractivity contribution in [2.45, 2.75) is 196 Å².